The molecule has 3 rings (SSSR count). The Morgan fingerprint density at radius 2 is 1.75 bits per heavy atom. The molecule has 1 saturated heterocycles. The Hall–Kier alpha value is -2.68. The van der Waals surface area contributed by atoms with Crippen molar-refractivity contribution in [2.45, 2.75) is 6.04 Å². The predicted molar refractivity (Wildman–Crippen MR) is 104 cm³/mol. The standard InChI is InChI=1S/C20H23FN4O3/c21-17-4-1-15(2-5-17)3-6-18(13-26)24-7-9-25(10-8-24)20-22-11-16(12-23-20)19(28)14-27/h1-6,11-12,18,26-27H,7-10,13-14H2/b6-3+. The summed E-state index contributed by atoms with van der Waals surface area (Å²) in [6, 6.07) is 6.08. The lowest BCUT2D eigenvalue weighted by molar-refractivity contribution is 0.0903. The fourth-order valence-electron chi connectivity index (χ4n) is 3.07. The second-order valence-electron chi connectivity index (χ2n) is 6.54. The molecule has 1 aliphatic rings. The molecule has 1 aromatic carbocycles. The number of aliphatic hydroxyl groups excluding tert-OH is 2. The minimum atomic E-state index is -0.560. The third-order valence-corrected chi connectivity index (χ3v) is 4.74. The van der Waals surface area contributed by atoms with Crippen LogP contribution in [0.15, 0.2) is 42.7 Å². The molecule has 7 nitrogen and oxygen atoms in total. The van der Waals surface area contributed by atoms with Crippen LogP contribution in [0.3, 0.4) is 0 Å². The molecule has 1 unspecified atom stereocenters. The average Bonchev–Trinajstić information content (AvgIpc) is 2.75. The summed E-state index contributed by atoms with van der Waals surface area (Å²) in [6.45, 7) is 2.25. The van der Waals surface area contributed by atoms with Gasteiger partial charge in [0.2, 0.25) is 5.95 Å². The maximum absolute atomic E-state index is 13.0. The largest absolute Gasteiger partial charge is 0.394 e. The number of carbonyl (C=O) groups is 1. The molecule has 1 aromatic heterocycles. The van der Waals surface area contributed by atoms with Gasteiger partial charge in [-0.3, -0.25) is 9.69 Å². The normalized spacial score (nSPS) is 16.5. The van der Waals surface area contributed by atoms with Crippen LogP contribution in [-0.4, -0.2) is 76.3 Å². The number of aromatic nitrogens is 2. The highest BCUT2D eigenvalue weighted by atomic mass is 19.1. The molecule has 0 radical (unpaired) electrons. The van der Waals surface area contributed by atoms with Crippen molar-refractivity contribution < 1.29 is 19.4 Å². The first kappa shape index (κ1) is 20.1. The molecule has 28 heavy (non-hydrogen) atoms. The highest BCUT2D eigenvalue weighted by Gasteiger charge is 2.23. The Morgan fingerprint density at radius 3 is 2.32 bits per heavy atom. The molecule has 2 heterocycles. The summed E-state index contributed by atoms with van der Waals surface area (Å²) in [6.07, 6.45) is 6.66. The van der Waals surface area contributed by atoms with Crippen LogP contribution in [0.2, 0.25) is 0 Å². The molecule has 2 aromatic rings. The number of Topliss-reactive ketones (excluding diaryl/α,β-unsaturated/α-hetero) is 1. The van der Waals surface area contributed by atoms with Crippen LogP contribution < -0.4 is 4.90 Å². The second-order valence-corrected chi connectivity index (χ2v) is 6.54. The summed E-state index contributed by atoms with van der Waals surface area (Å²) in [5.74, 6) is -0.144. The van der Waals surface area contributed by atoms with E-state index in [9.17, 15) is 14.3 Å². The van der Waals surface area contributed by atoms with Crippen molar-refractivity contribution in [3.63, 3.8) is 0 Å². The second kappa shape index (κ2) is 9.50. The number of hydrogen-bond donors (Lipinski definition) is 2. The van der Waals surface area contributed by atoms with Crippen molar-refractivity contribution in [1.82, 2.24) is 14.9 Å². The Kier molecular flexibility index (Phi) is 6.80. The lowest BCUT2D eigenvalue weighted by Crippen LogP contribution is -2.51. The Labute approximate surface area is 162 Å². The third kappa shape index (κ3) is 4.98. The minimum Gasteiger partial charge on any atom is -0.394 e. The molecule has 0 saturated carbocycles. The summed E-state index contributed by atoms with van der Waals surface area (Å²) in [7, 11) is 0. The summed E-state index contributed by atoms with van der Waals surface area (Å²) in [5, 5.41) is 18.6. The molecule has 8 heteroatoms. The van der Waals surface area contributed by atoms with Crippen LogP contribution in [0.1, 0.15) is 15.9 Å². The molecule has 2 N–H and O–H groups in total. The van der Waals surface area contributed by atoms with E-state index in [1.807, 2.05) is 17.1 Å². The van der Waals surface area contributed by atoms with Gasteiger partial charge >= 0.3 is 0 Å². The number of benzene rings is 1. The van der Waals surface area contributed by atoms with E-state index in [-0.39, 0.29) is 24.0 Å². The van der Waals surface area contributed by atoms with E-state index in [2.05, 4.69) is 14.9 Å². The van der Waals surface area contributed by atoms with Crippen LogP contribution in [-0.2, 0) is 0 Å². The van der Waals surface area contributed by atoms with Crippen LogP contribution in [0.5, 0.6) is 0 Å². The van der Waals surface area contributed by atoms with Crippen LogP contribution in [0.25, 0.3) is 6.08 Å². The predicted octanol–water partition coefficient (Wildman–Crippen LogP) is 0.987. The number of anilines is 1. The smallest absolute Gasteiger partial charge is 0.225 e. The van der Waals surface area contributed by atoms with Crippen molar-refractivity contribution in [2.75, 3.05) is 44.3 Å². The van der Waals surface area contributed by atoms with Crippen molar-refractivity contribution in [2.24, 2.45) is 0 Å². The SMILES string of the molecule is O=C(CO)c1cnc(N2CCN(C(/C=C/c3ccc(F)cc3)CO)CC2)nc1. The van der Waals surface area contributed by atoms with Gasteiger partial charge in [0.05, 0.1) is 18.2 Å². The van der Waals surface area contributed by atoms with Gasteiger partial charge in [-0.1, -0.05) is 24.3 Å². The number of halogens is 1. The van der Waals surface area contributed by atoms with Crippen LogP contribution in [0, 0.1) is 5.82 Å². The molecule has 1 aliphatic heterocycles. The Balaban J connectivity index is 1.57. The van der Waals surface area contributed by atoms with E-state index in [4.69, 9.17) is 5.11 Å². The molecule has 148 valence electrons. The van der Waals surface area contributed by atoms with Gasteiger partial charge in [0.25, 0.3) is 0 Å². The quantitative estimate of drug-likeness (QED) is 0.686. The molecule has 0 bridgehead atoms. The maximum atomic E-state index is 13.0. The first-order valence-electron chi connectivity index (χ1n) is 9.10. The zero-order valence-electron chi connectivity index (χ0n) is 15.4. The Bertz CT molecular complexity index is 803. The number of piperazine rings is 1. The highest BCUT2D eigenvalue weighted by Crippen LogP contribution is 2.14. The van der Waals surface area contributed by atoms with E-state index < -0.39 is 12.4 Å². The summed E-state index contributed by atoms with van der Waals surface area (Å²) >= 11 is 0. The lowest BCUT2D eigenvalue weighted by Gasteiger charge is -2.37. The average molecular weight is 386 g/mol. The van der Waals surface area contributed by atoms with Crippen molar-refractivity contribution in [3.8, 4) is 0 Å². The zero-order chi connectivity index (χ0) is 19.9. The molecule has 1 fully saturated rings. The van der Waals surface area contributed by atoms with Gasteiger partial charge in [0.1, 0.15) is 12.4 Å². The first-order chi connectivity index (χ1) is 13.6. The van der Waals surface area contributed by atoms with Crippen molar-refractivity contribution >= 4 is 17.8 Å². The molecular formula is C20H23FN4O3. The van der Waals surface area contributed by atoms with Gasteiger partial charge in [-0.15, -0.1) is 0 Å². The fourth-order valence-corrected chi connectivity index (χ4v) is 3.07. The van der Waals surface area contributed by atoms with Gasteiger partial charge in [-0.2, -0.15) is 0 Å². The molecule has 0 spiro atoms. The number of aliphatic hydroxyl groups is 2. The summed E-state index contributed by atoms with van der Waals surface area (Å²) in [5.41, 5.74) is 1.17. The summed E-state index contributed by atoms with van der Waals surface area (Å²) in [4.78, 5) is 24.0. The first-order valence-corrected chi connectivity index (χ1v) is 9.10. The highest BCUT2D eigenvalue weighted by molar-refractivity contribution is 5.96. The van der Waals surface area contributed by atoms with Crippen LogP contribution in [0.4, 0.5) is 10.3 Å². The Morgan fingerprint density at radius 1 is 1.11 bits per heavy atom. The number of ketones is 1. The maximum Gasteiger partial charge on any atom is 0.225 e. The van der Waals surface area contributed by atoms with E-state index >= 15 is 0 Å². The van der Waals surface area contributed by atoms with E-state index in [1.54, 1.807) is 12.1 Å². The van der Waals surface area contributed by atoms with Gasteiger partial charge < -0.3 is 15.1 Å². The lowest BCUT2D eigenvalue weighted by atomic mass is 10.1. The van der Waals surface area contributed by atoms with Gasteiger partial charge in [0, 0.05) is 38.6 Å². The number of hydrogen-bond acceptors (Lipinski definition) is 7. The van der Waals surface area contributed by atoms with E-state index in [0.717, 1.165) is 18.7 Å². The van der Waals surface area contributed by atoms with Crippen LogP contribution >= 0.6 is 0 Å². The topological polar surface area (TPSA) is 89.8 Å². The number of nitrogens with zero attached hydrogens (tertiary/aromatic N) is 4. The number of rotatable bonds is 7. The number of carbonyl (C=O) groups excluding carboxylic acids is 1. The van der Waals surface area contributed by atoms with Gasteiger partial charge in [-0.05, 0) is 17.7 Å². The van der Waals surface area contributed by atoms with E-state index in [1.165, 1.54) is 24.5 Å². The fraction of sp³-hybridized carbons (Fsp3) is 0.350. The molecule has 1 atom stereocenters. The van der Waals surface area contributed by atoms with Crippen molar-refractivity contribution in [3.05, 3.63) is 59.7 Å². The third-order valence-electron chi connectivity index (χ3n) is 4.74. The summed E-state index contributed by atoms with van der Waals surface area (Å²) < 4.78 is 13.0. The molecular weight excluding hydrogens is 363 g/mol. The molecule has 0 amide bonds. The zero-order valence-corrected chi connectivity index (χ0v) is 15.4. The monoisotopic (exact) mass is 386 g/mol. The van der Waals surface area contributed by atoms with Crippen molar-refractivity contribution in [1.29, 1.82) is 0 Å². The molecule has 0 aliphatic carbocycles. The van der Waals surface area contributed by atoms with Gasteiger partial charge in [-0.25, -0.2) is 14.4 Å². The van der Waals surface area contributed by atoms with E-state index in [0.29, 0.717) is 19.0 Å². The minimum absolute atomic E-state index is 0.00777. The van der Waals surface area contributed by atoms with Gasteiger partial charge in [0.15, 0.2) is 5.78 Å².